The summed E-state index contributed by atoms with van der Waals surface area (Å²) < 4.78 is 0. The molecule has 0 aliphatic carbocycles. The van der Waals surface area contributed by atoms with Crippen molar-refractivity contribution in [2.24, 2.45) is 0 Å². The Bertz CT molecular complexity index is 581. The molecule has 1 unspecified atom stereocenters. The average Bonchev–Trinajstić information content (AvgIpc) is 3.06. The zero-order valence-electron chi connectivity index (χ0n) is 11.6. The van der Waals surface area contributed by atoms with Crippen LogP contribution in [0.4, 0.5) is 10.9 Å². The highest BCUT2D eigenvalue weighted by molar-refractivity contribution is 7.18. The van der Waals surface area contributed by atoms with Gasteiger partial charge >= 0.3 is 0 Å². The lowest BCUT2D eigenvalue weighted by Gasteiger charge is -2.11. The number of nitrogen functional groups attached to an aromatic ring is 1. The van der Waals surface area contributed by atoms with Crippen molar-refractivity contribution in [1.82, 2.24) is 15.3 Å². The molecular formula is C12H17N5OS2. The Kier molecular flexibility index (Phi) is 4.56. The Morgan fingerprint density at radius 2 is 2.35 bits per heavy atom. The summed E-state index contributed by atoms with van der Waals surface area (Å²) in [7, 11) is 1.91. The van der Waals surface area contributed by atoms with Crippen molar-refractivity contribution in [2.45, 2.75) is 19.9 Å². The summed E-state index contributed by atoms with van der Waals surface area (Å²) in [5.41, 5.74) is 5.83. The highest BCUT2D eigenvalue weighted by Crippen LogP contribution is 2.28. The number of hydrogen-bond acceptors (Lipinski definition) is 7. The van der Waals surface area contributed by atoms with Crippen LogP contribution in [0.3, 0.4) is 0 Å². The minimum atomic E-state index is -0.210. The van der Waals surface area contributed by atoms with Crippen LogP contribution in [0.25, 0.3) is 0 Å². The molecule has 0 aliphatic heterocycles. The largest absolute Gasteiger partial charge is 0.382 e. The van der Waals surface area contributed by atoms with Crippen LogP contribution < -0.4 is 16.0 Å². The van der Waals surface area contributed by atoms with Gasteiger partial charge in [-0.1, -0.05) is 11.3 Å². The molecule has 2 aromatic rings. The third-order valence-corrected chi connectivity index (χ3v) is 4.96. The van der Waals surface area contributed by atoms with E-state index in [0.717, 1.165) is 16.7 Å². The van der Waals surface area contributed by atoms with Crippen LogP contribution in [0.5, 0.6) is 0 Å². The van der Waals surface area contributed by atoms with E-state index >= 15 is 0 Å². The Labute approximate surface area is 125 Å². The van der Waals surface area contributed by atoms with E-state index in [2.05, 4.69) is 15.3 Å². The van der Waals surface area contributed by atoms with Gasteiger partial charge in [0.1, 0.15) is 15.7 Å². The predicted octanol–water partition coefficient (Wildman–Crippen LogP) is 2.13. The molecule has 0 bridgehead atoms. The first kappa shape index (κ1) is 14.7. The summed E-state index contributed by atoms with van der Waals surface area (Å²) in [6, 6.07) is -0.142. The van der Waals surface area contributed by atoms with E-state index in [1.165, 1.54) is 22.7 Å². The number of aromatic nitrogens is 2. The number of amides is 1. The monoisotopic (exact) mass is 311 g/mol. The molecular weight excluding hydrogens is 294 g/mol. The maximum Gasteiger partial charge on any atom is 0.265 e. The zero-order valence-corrected chi connectivity index (χ0v) is 13.2. The fourth-order valence-corrected chi connectivity index (χ4v) is 3.11. The average molecular weight is 311 g/mol. The van der Waals surface area contributed by atoms with Gasteiger partial charge in [0, 0.05) is 25.2 Å². The van der Waals surface area contributed by atoms with E-state index in [9.17, 15) is 4.79 Å². The molecule has 0 saturated carbocycles. The van der Waals surface area contributed by atoms with Gasteiger partial charge in [-0.2, -0.15) is 0 Å². The quantitative estimate of drug-likeness (QED) is 0.883. The highest BCUT2D eigenvalue weighted by Gasteiger charge is 2.20. The minimum absolute atomic E-state index is 0.142. The number of hydrogen-bond donors (Lipinski definition) is 2. The van der Waals surface area contributed by atoms with Gasteiger partial charge < -0.3 is 16.0 Å². The second-order valence-corrected chi connectivity index (χ2v) is 6.19. The van der Waals surface area contributed by atoms with Crippen LogP contribution in [0, 0.1) is 0 Å². The molecule has 0 aliphatic rings. The predicted molar refractivity (Wildman–Crippen MR) is 83.5 cm³/mol. The molecule has 20 heavy (non-hydrogen) atoms. The molecule has 2 rings (SSSR count). The number of anilines is 2. The molecule has 3 N–H and O–H groups in total. The third kappa shape index (κ3) is 3.07. The molecule has 108 valence electrons. The maximum absolute atomic E-state index is 12.2. The molecule has 0 radical (unpaired) electrons. The Morgan fingerprint density at radius 3 is 2.95 bits per heavy atom. The van der Waals surface area contributed by atoms with Gasteiger partial charge in [-0.15, -0.1) is 11.3 Å². The van der Waals surface area contributed by atoms with Crippen molar-refractivity contribution >= 4 is 39.5 Å². The zero-order chi connectivity index (χ0) is 14.7. The molecule has 0 fully saturated rings. The topological polar surface area (TPSA) is 84.1 Å². The van der Waals surface area contributed by atoms with Crippen LogP contribution in [-0.2, 0) is 0 Å². The van der Waals surface area contributed by atoms with Crippen LogP contribution >= 0.6 is 22.7 Å². The lowest BCUT2D eigenvalue weighted by molar-refractivity contribution is 0.0944. The molecule has 6 nitrogen and oxygen atoms in total. The Hall–Kier alpha value is -1.67. The van der Waals surface area contributed by atoms with Crippen molar-refractivity contribution in [1.29, 1.82) is 0 Å². The Morgan fingerprint density at radius 1 is 1.60 bits per heavy atom. The van der Waals surface area contributed by atoms with E-state index in [0.29, 0.717) is 4.88 Å². The van der Waals surface area contributed by atoms with Gasteiger partial charge in [0.05, 0.1) is 6.04 Å². The van der Waals surface area contributed by atoms with Crippen LogP contribution in [0.15, 0.2) is 11.6 Å². The number of carbonyl (C=O) groups excluding carboxylic acids is 1. The van der Waals surface area contributed by atoms with E-state index in [-0.39, 0.29) is 17.8 Å². The molecule has 2 aromatic heterocycles. The summed E-state index contributed by atoms with van der Waals surface area (Å²) in [5.74, 6) is 0.0626. The van der Waals surface area contributed by atoms with Gasteiger partial charge in [-0.05, 0) is 13.8 Å². The van der Waals surface area contributed by atoms with E-state index in [1.54, 1.807) is 6.20 Å². The number of rotatable bonds is 5. The minimum Gasteiger partial charge on any atom is -0.382 e. The number of nitrogens with one attached hydrogen (secondary N) is 1. The first-order valence-electron chi connectivity index (χ1n) is 6.20. The molecule has 8 heteroatoms. The third-order valence-electron chi connectivity index (χ3n) is 2.82. The lowest BCUT2D eigenvalue weighted by atomic mass is 10.3. The lowest BCUT2D eigenvalue weighted by Crippen LogP contribution is -2.26. The van der Waals surface area contributed by atoms with Crippen LogP contribution in [0.2, 0.25) is 0 Å². The van der Waals surface area contributed by atoms with Crippen molar-refractivity contribution in [3.63, 3.8) is 0 Å². The first-order valence-corrected chi connectivity index (χ1v) is 7.90. The molecule has 1 amide bonds. The van der Waals surface area contributed by atoms with Crippen LogP contribution in [0.1, 0.15) is 34.6 Å². The second kappa shape index (κ2) is 6.19. The van der Waals surface area contributed by atoms with Crippen molar-refractivity contribution in [3.8, 4) is 0 Å². The number of nitrogens with two attached hydrogens (primary N) is 1. The van der Waals surface area contributed by atoms with E-state index < -0.39 is 0 Å². The van der Waals surface area contributed by atoms with Crippen molar-refractivity contribution in [3.05, 3.63) is 21.5 Å². The molecule has 1 atom stereocenters. The van der Waals surface area contributed by atoms with Gasteiger partial charge in [-0.3, -0.25) is 4.79 Å². The molecule has 2 heterocycles. The van der Waals surface area contributed by atoms with Gasteiger partial charge in [0.25, 0.3) is 5.91 Å². The van der Waals surface area contributed by atoms with Gasteiger partial charge in [-0.25, -0.2) is 9.97 Å². The van der Waals surface area contributed by atoms with Crippen molar-refractivity contribution < 1.29 is 4.79 Å². The molecule has 0 aromatic carbocycles. The number of thiazole rings is 2. The smallest absolute Gasteiger partial charge is 0.265 e. The second-order valence-electron chi connectivity index (χ2n) is 4.29. The molecule has 0 saturated heterocycles. The molecule has 0 spiro atoms. The maximum atomic E-state index is 12.2. The highest BCUT2D eigenvalue weighted by atomic mass is 32.1. The summed E-state index contributed by atoms with van der Waals surface area (Å²) in [4.78, 5) is 23.0. The first-order chi connectivity index (χ1) is 9.52. The normalized spacial score (nSPS) is 12.2. The van der Waals surface area contributed by atoms with Gasteiger partial charge in [0.2, 0.25) is 0 Å². The summed E-state index contributed by atoms with van der Waals surface area (Å²) in [5, 5.41) is 6.39. The van der Waals surface area contributed by atoms with Crippen molar-refractivity contribution in [2.75, 3.05) is 24.2 Å². The van der Waals surface area contributed by atoms with Crippen LogP contribution in [-0.4, -0.2) is 29.5 Å². The Balaban J connectivity index is 2.11. The standard InChI is InChI=1S/C12H17N5OS2/c1-4-17(3)12-16-9(13)8(20-12)10(18)15-7(2)11-14-5-6-19-11/h5-7H,4,13H2,1-3H3,(H,15,18). The van der Waals surface area contributed by atoms with E-state index in [4.69, 9.17) is 5.73 Å². The summed E-state index contributed by atoms with van der Waals surface area (Å²) >= 11 is 2.81. The fourth-order valence-electron chi connectivity index (χ4n) is 1.55. The number of carbonyl (C=O) groups is 1. The van der Waals surface area contributed by atoms with Gasteiger partial charge in [0.15, 0.2) is 5.13 Å². The SMILES string of the molecule is CCN(C)c1nc(N)c(C(=O)NC(C)c2nccs2)s1. The fraction of sp³-hybridized carbons (Fsp3) is 0.417. The van der Waals surface area contributed by atoms with E-state index in [1.807, 2.05) is 31.2 Å². The number of nitrogens with zero attached hydrogens (tertiary/aromatic N) is 3. The summed E-state index contributed by atoms with van der Waals surface area (Å²) in [6.45, 7) is 4.72. The summed E-state index contributed by atoms with van der Waals surface area (Å²) in [6.07, 6.45) is 1.72.